The molecule has 2 aromatic rings. The van der Waals surface area contributed by atoms with Crippen molar-refractivity contribution in [3.63, 3.8) is 0 Å². The zero-order valence-electron chi connectivity index (χ0n) is 11.0. The number of ether oxygens (including phenoxy) is 1. The molecule has 0 aromatic heterocycles. The quantitative estimate of drug-likeness (QED) is 0.827. The van der Waals surface area contributed by atoms with Crippen LogP contribution in [0.4, 0.5) is 5.69 Å². The van der Waals surface area contributed by atoms with E-state index in [1.165, 1.54) is 0 Å². The molecule has 0 saturated carbocycles. The Bertz CT molecular complexity index is 665. The van der Waals surface area contributed by atoms with Crippen LogP contribution in [-0.4, -0.2) is 17.0 Å². The molecule has 0 aliphatic rings. The van der Waals surface area contributed by atoms with E-state index in [9.17, 15) is 9.59 Å². The van der Waals surface area contributed by atoms with Gasteiger partial charge in [-0.3, -0.25) is 4.79 Å². The normalized spacial score (nSPS) is 10.3. The second-order valence-corrected chi connectivity index (χ2v) is 4.07. The standard InChI is InChI=1S/C16H13NO4/c18-15(10-11-16(19)20)17-13-8-4-5-9-14(13)21-12-6-2-1-3-7-12/h1-11H,(H,17,18)(H,19,20). The maximum atomic E-state index is 11.6. The van der Waals surface area contributed by atoms with Crippen LogP contribution >= 0.6 is 0 Å². The van der Waals surface area contributed by atoms with E-state index in [0.29, 0.717) is 17.2 Å². The molecule has 0 fully saturated rings. The Hall–Kier alpha value is -3.08. The Kier molecular flexibility index (Phi) is 4.71. The van der Waals surface area contributed by atoms with Crippen molar-refractivity contribution >= 4 is 17.6 Å². The summed E-state index contributed by atoms with van der Waals surface area (Å²) in [5, 5.41) is 11.1. The first-order valence-corrected chi connectivity index (χ1v) is 6.19. The van der Waals surface area contributed by atoms with Gasteiger partial charge in [-0.1, -0.05) is 30.3 Å². The predicted octanol–water partition coefficient (Wildman–Crippen LogP) is 3.06. The molecule has 0 spiro atoms. The highest BCUT2D eigenvalue weighted by Gasteiger charge is 2.06. The van der Waals surface area contributed by atoms with Crippen molar-refractivity contribution < 1.29 is 19.4 Å². The van der Waals surface area contributed by atoms with Gasteiger partial charge in [0.05, 0.1) is 5.69 Å². The van der Waals surface area contributed by atoms with E-state index < -0.39 is 11.9 Å². The van der Waals surface area contributed by atoms with E-state index in [2.05, 4.69) is 5.32 Å². The summed E-state index contributed by atoms with van der Waals surface area (Å²) in [5.74, 6) is -0.610. The average molecular weight is 283 g/mol. The number of rotatable bonds is 5. The summed E-state index contributed by atoms with van der Waals surface area (Å²) in [6.45, 7) is 0. The molecule has 2 rings (SSSR count). The van der Waals surface area contributed by atoms with Gasteiger partial charge in [0, 0.05) is 12.2 Å². The van der Waals surface area contributed by atoms with Crippen LogP contribution < -0.4 is 10.1 Å². The fraction of sp³-hybridized carbons (Fsp3) is 0. The van der Waals surface area contributed by atoms with Crippen molar-refractivity contribution in [3.05, 3.63) is 66.7 Å². The van der Waals surface area contributed by atoms with Crippen molar-refractivity contribution in [3.8, 4) is 11.5 Å². The molecule has 0 unspecified atom stereocenters. The molecular weight excluding hydrogens is 270 g/mol. The fourth-order valence-electron chi connectivity index (χ4n) is 1.60. The number of carboxylic acids is 1. The van der Waals surface area contributed by atoms with E-state index >= 15 is 0 Å². The fourth-order valence-corrected chi connectivity index (χ4v) is 1.60. The zero-order valence-corrected chi connectivity index (χ0v) is 11.0. The van der Waals surface area contributed by atoms with Crippen molar-refractivity contribution in [2.45, 2.75) is 0 Å². The first-order chi connectivity index (χ1) is 10.1. The number of aliphatic carboxylic acids is 1. The Morgan fingerprint density at radius 2 is 1.62 bits per heavy atom. The summed E-state index contributed by atoms with van der Waals surface area (Å²) >= 11 is 0. The second-order valence-electron chi connectivity index (χ2n) is 4.07. The Labute approximate surface area is 121 Å². The predicted molar refractivity (Wildman–Crippen MR) is 78.4 cm³/mol. The van der Waals surface area contributed by atoms with Crippen LogP contribution in [0.15, 0.2) is 66.7 Å². The van der Waals surface area contributed by atoms with Crippen LogP contribution in [0.2, 0.25) is 0 Å². The number of carbonyl (C=O) groups is 2. The van der Waals surface area contributed by atoms with Gasteiger partial charge in [-0.2, -0.15) is 0 Å². The summed E-state index contributed by atoms with van der Waals surface area (Å²) < 4.78 is 5.68. The molecule has 0 radical (unpaired) electrons. The number of amides is 1. The van der Waals surface area contributed by atoms with Gasteiger partial charge in [0.2, 0.25) is 5.91 Å². The number of carboxylic acid groups (broad SMARTS) is 1. The summed E-state index contributed by atoms with van der Waals surface area (Å²) in [4.78, 5) is 22.0. The number of anilines is 1. The van der Waals surface area contributed by atoms with Gasteiger partial charge in [-0.15, -0.1) is 0 Å². The van der Waals surface area contributed by atoms with Gasteiger partial charge >= 0.3 is 5.97 Å². The number of benzene rings is 2. The SMILES string of the molecule is O=C(O)C=CC(=O)Nc1ccccc1Oc1ccccc1. The third-order valence-corrected chi connectivity index (χ3v) is 2.49. The summed E-state index contributed by atoms with van der Waals surface area (Å²) in [6, 6.07) is 16.0. The van der Waals surface area contributed by atoms with Crippen molar-refractivity contribution in [1.29, 1.82) is 0 Å². The number of para-hydroxylation sites is 3. The third-order valence-electron chi connectivity index (χ3n) is 2.49. The van der Waals surface area contributed by atoms with Gasteiger partial charge in [0.1, 0.15) is 5.75 Å². The minimum atomic E-state index is -1.18. The highest BCUT2D eigenvalue weighted by Crippen LogP contribution is 2.28. The first kappa shape index (κ1) is 14.3. The molecule has 106 valence electrons. The molecular formula is C16H13NO4. The van der Waals surface area contributed by atoms with Gasteiger partial charge in [-0.25, -0.2) is 4.79 Å². The Morgan fingerprint density at radius 3 is 2.33 bits per heavy atom. The van der Waals surface area contributed by atoms with Crippen LogP contribution in [0, 0.1) is 0 Å². The maximum Gasteiger partial charge on any atom is 0.328 e. The molecule has 0 bridgehead atoms. The van der Waals surface area contributed by atoms with E-state index in [1.54, 1.807) is 36.4 Å². The number of hydrogen-bond donors (Lipinski definition) is 2. The molecule has 2 N–H and O–H groups in total. The summed E-state index contributed by atoms with van der Waals surface area (Å²) in [6.07, 6.45) is 1.72. The molecule has 0 aliphatic heterocycles. The van der Waals surface area contributed by atoms with Crippen molar-refractivity contribution in [2.75, 3.05) is 5.32 Å². The van der Waals surface area contributed by atoms with Crippen LogP contribution in [0.5, 0.6) is 11.5 Å². The van der Waals surface area contributed by atoms with Crippen LogP contribution in [0.3, 0.4) is 0 Å². The molecule has 2 aromatic carbocycles. The van der Waals surface area contributed by atoms with Crippen LogP contribution in [0.25, 0.3) is 0 Å². The van der Waals surface area contributed by atoms with E-state index in [4.69, 9.17) is 9.84 Å². The molecule has 0 aliphatic carbocycles. The first-order valence-electron chi connectivity index (χ1n) is 6.19. The lowest BCUT2D eigenvalue weighted by atomic mass is 10.2. The highest BCUT2D eigenvalue weighted by molar-refractivity contribution is 6.03. The minimum absolute atomic E-state index is 0.460. The molecule has 21 heavy (non-hydrogen) atoms. The van der Waals surface area contributed by atoms with Gasteiger partial charge in [-0.05, 0) is 24.3 Å². The molecule has 1 amide bonds. The average Bonchev–Trinajstić information content (AvgIpc) is 2.48. The second kappa shape index (κ2) is 6.91. The summed E-state index contributed by atoms with van der Waals surface area (Å²) in [7, 11) is 0. The Balaban J connectivity index is 2.14. The lowest BCUT2D eigenvalue weighted by Crippen LogP contribution is -2.09. The van der Waals surface area contributed by atoms with Gasteiger partial charge in [0.15, 0.2) is 5.75 Å². The topological polar surface area (TPSA) is 75.6 Å². The molecule has 5 nitrogen and oxygen atoms in total. The zero-order chi connectivity index (χ0) is 15.1. The van der Waals surface area contributed by atoms with Crippen LogP contribution in [-0.2, 0) is 9.59 Å². The maximum absolute atomic E-state index is 11.6. The molecule has 0 atom stereocenters. The lowest BCUT2D eigenvalue weighted by Gasteiger charge is -2.11. The van der Waals surface area contributed by atoms with Crippen molar-refractivity contribution in [1.82, 2.24) is 0 Å². The smallest absolute Gasteiger partial charge is 0.328 e. The lowest BCUT2D eigenvalue weighted by molar-refractivity contribution is -0.131. The Morgan fingerprint density at radius 1 is 0.952 bits per heavy atom. The number of hydrogen-bond acceptors (Lipinski definition) is 3. The van der Waals surface area contributed by atoms with Gasteiger partial charge in [0.25, 0.3) is 0 Å². The summed E-state index contributed by atoms with van der Waals surface area (Å²) in [5.41, 5.74) is 0.460. The molecule has 0 saturated heterocycles. The third kappa shape index (κ3) is 4.50. The highest BCUT2D eigenvalue weighted by atomic mass is 16.5. The number of carbonyl (C=O) groups excluding carboxylic acids is 1. The van der Waals surface area contributed by atoms with Crippen molar-refractivity contribution in [2.24, 2.45) is 0 Å². The molecule has 0 heterocycles. The molecule has 5 heteroatoms. The van der Waals surface area contributed by atoms with E-state index in [1.807, 2.05) is 18.2 Å². The minimum Gasteiger partial charge on any atom is -0.478 e. The monoisotopic (exact) mass is 283 g/mol. The van der Waals surface area contributed by atoms with E-state index in [-0.39, 0.29) is 0 Å². The van der Waals surface area contributed by atoms with Crippen LogP contribution in [0.1, 0.15) is 0 Å². The number of nitrogens with one attached hydrogen (secondary N) is 1. The van der Waals surface area contributed by atoms with E-state index in [0.717, 1.165) is 12.2 Å². The van der Waals surface area contributed by atoms with Gasteiger partial charge < -0.3 is 15.2 Å². The largest absolute Gasteiger partial charge is 0.478 e.